The molecule has 0 saturated carbocycles. The lowest BCUT2D eigenvalue weighted by Gasteiger charge is -2.05. The van der Waals surface area contributed by atoms with Gasteiger partial charge in [0.25, 0.3) is 0 Å². The Kier molecular flexibility index (Phi) is 3.76. The van der Waals surface area contributed by atoms with Crippen molar-refractivity contribution in [3.8, 4) is 0 Å². The summed E-state index contributed by atoms with van der Waals surface area (Å²) in [5, 5.41) is 8.02. The molecule has 0 aliphatic rings. The third-order valence-electron chi connectivity index (χ3n) is 1.98. The van der Waals surface area contributed by atoms with Crippen LogP contribution in [0.5, 0.6) is 0 Å². The number of aromatic amines is 1. The lowest BCUT2D eigenvalue weighted by atomic mass is 10.3. The van der Waals surface area contributed by atoms with Gasteiger partial charge in [0.1, 0.15) is 5.15 Å². The molecule has 0 aliphatic heterocycles. The molecule has 0 bridgehead atoms. The van der Waals surface area contributed by atoms with E-state index in [0.29, 0.717) is 21.1 Å². The maximum atomic E-state index is 6.10. The van der Waals surface area contributed by atoms with E-state index in [4.69, 9.17) is 28.9 Å². The average molecular weight is 290 g/mol. The first-order valence-corrected chi connectivity index (χ1v) is 6.42. The molecule has 2 aromatic heterocycles. The molecule has 2 heterocycles. The molecule has 0 unspecified atom stereocenters. The number of anilines is 1. The second kappa shape index (κ2) is 5.12. The lowest BCUT2D eigenvalue weighted by molar-refractivity contribution is 0.973. The van der Waals surface area contributed by atoms with Gasteiger partial charge in [-0.15, -0.1) is 5.10 Å². The summed E-state index contributed by atoms with van der Waals surface area (Å²) < 4.78 is 0. The summed E-state index contributed by atoms with van der Waals surface area (Å²) in [6.07, 6.45) is 0. The number of nitrogen functional groups attached to an aromatic ring is 1. The number of H-pyrrole nitrogens is 1. The highest BCUT2D eigenvalue weighted by Gasteiger charge is 2.10. The summed E-state index contributed by atoms with van der Waals surface area (Å²) in [6.45, 7) is 1.84. The van der Waals surface area contributed by atoms with E-state index in [0.717, 1.165) is 11.3 Å². The Hall–Kier alpha value is -0.980. The zero-order chi connectivity index (χ0) is 12.4. The zero-order valence-electron chi connectivity index (χ0n) is 8.87. The topological polar surface area (TPSA) is 80.5 Å². The van der Waals surface area contributed by atoms with Gasteiger partial charge in [-0.05, 0) is 13.0 Å². The van der Waals surface area contributed by atoms with E-state index in [2.05, 4.69) is 20.2 Å². The van der Waals surface area contributed by atoms with Crippen molar-refractivity contribution >= 4 is 40.9 Å². The minimum atomic E-state index is 0.284. The van der Waals surface area contributed by atoms with Crippen LogP contribution in [-0.2, 0) is 5.75 Å². The first-order chi connectivity index (χ1) is 8.06. The fraction of sp³-hybridized carbons (Fsp3) is 0.222. The van der Waals surface area contributed by atoms with Crippen LogP contribution in [0.25, 0.3) is 0 Å². The Labute approximate surface area is 112 Å². The molecular weight excluding hydrogens is 281 g/mol. The van der Waals surface area contributed by atoms with Gasteiger partial charge in [0.15, 0.2) is 0 Å². The van der Waals surface area contributed by atoms with E-state index < -0.39 is 0 Å². The number of nitrogens with two attached hydrogens (primary N) is 1. The largest absolute Gasteiger partial charge is 0.368 e. The summed E-state index contributed by atoms with van der Waals surface area (Å²) in [5.41, 5.74) is 6.98. The minimum Gasteiger partial charge on any atom is -0.368 e. The lowest BCUT2D eigenvalue weighted by Crippen LogP contribution is -1.92. The SMILES string of the molecule is Cc1cc(Cl)c(CSc2n[nH]c(N)n2)c(Cl)n1. The minimum absolute atomic E-state index is 0.284. The first kappa shape index (κ1) is 12.5. The smallest absolute Gasteiger partial charge is 0.216 e. The maximum Gasteiger partial charge on any atom is 0.216 e. The standard InChI is InChI=1S/C9H9Cl2N5S/c1-4-2-6(10)5(7(11)13-4)3-17-9-14-8(12)15-16-9/h2H,3H2,1H3,(H3,12,14,15,16). The predicted molar refractivity (Wildman–Crippen MR) is 69.4 cm³/mol. The highest BCUT2D eigenvalue weighted by molar-refractivity contribution is 7.98. The Morgan fingerprint density at radius 3 is 2.76 bits per heavy atom. The van der Waals surface area contributed by atoms with Crippen molar-refractivity contribution in [3.05, 3.63) is 27.5 Å². The maximum absolute atomic E-state index is 6.10. The first-order valence-electron chi connectivity index (χ1n) is 4.68. The van der Waals surface area contributed by atoms with Crippen LogP contribution >= 0.6 is 35.0 Å². The molecule has 0 amide bonds. The number of nitrogens with zero attached hydrogens (tertiary/aromatic N) is 3. The number of halogens is 2. The van der Waals surface area contributed by atoms with Gasteiger partial charge in [-0.2, -0.15) is 4.98 Å². The third-order valence-corrected chi connectivity index (χ3v) is 3.50. The fourth-order valence-corrected chi connectivity index (χ4v) is 2.87. The van der Waals surface area contributed by atoms with Crippen LogP contribution in [0.1, 0.15) is 11.3 Å². The number of hydrogen-bond donors (Lipinski definition) is 2. The van der Waals surface area contributed by atoms with Gasteiger partial charge in [-0.25, -0.2) is 10.1 Å². The highest BCUT2D eigenvalue weighted by atomic mass is 35.5. The van der Waals surface area contributed by atoms with E-state index in [1.165, 1.54) is 11.8 Å². The monoisotopic (exact) mass is 289 g/mol. The Morgan fingerprint density at radius 1 is 1.41 bits per heavy atom. The molecule has 0 atom stereocenters. The molecular formula is C9H9Cl2N5S. The highest BCUT2D eigenvalue weighted by Crippen LogP contribution is 2.29. The van der Waals surface area contributed by atoms with Gasteiger partial charge in [0.05, 0.1) is 0 Å². The van der Waals surface area contributed by atoms with E-state index in [1.54, 1.807) is 6.07 Å². The summed E-state index contributed by atoms with van der Waals surface area (Å²) >= 11 is 13.5. The van der Waals surface area contributed by atoms with Crippen molar-refractivity contribution in [2.45, 2.75) is 17.8 Å². The van der Waals surface area contributed by atoms with Crippen LogP contribution in [0.2, 0.25) is 10.2 Å². The molecule has 0 aromatic carbocycles. The summed E-state index contributed by atoms with van der Waals surface area (Å²) in [5.74, 6) is 0.828. The summed E-state index contributed by atoms with van der Waals surface area (Å²) in [6, 6.07) is 1.77. The molecule has 17 heavy (non-hydrogen) atoms. The Balaban J connectivity index is 2.14. The molecule has 3 N–H and O–H groups in total. The number of aromatic nitrogens is 4. The third kappa shape index (κ3) is 3.02. The van der Waals surface area contributed by atoms with Crippen LogP contribution in [0.15, 0.2) is 11.2 Å². The molecule has 0 aliphatic carbocycles. The second-order valence-electron chi connectivity index (χ2n) is 3.31. The van der Waals surface area contributed by atoms with Crippen LogP contribution in [-0.4, -0.2) is 20.2 Å². The molecule has 0 spiro atoms. The van der Waals surface area contributed by atoms with E-state index >= 15 is 0 Å². The molecule has 2 aromatic rings. The molecule has 90 valence electrons. The van der Waals surface area contributed by atoms with Gasteiger partial charge in [-0.1, -0.05) is 35.0 Å². The van der Waals surface area contributed by atoms with Gasteiger partial charge in [0.2, 0.25) is 11.1 Å². The molecule has 2 rings (SSSR count). The van der Waals surface area contributed by atoms with E-state index in [-0.39, 0.29) is 5.95 Å². The van der Waals surface area contributed by atoms with Crippen LogP contribution < -0.4 is 5.73 Å². The molecule has 0 radical (unpaired) electrons. The number of nitrogens with one attached hydrogen (secondary N) is 1. The zero-order valence-corrected chi connectivity index (χ0v) is 11.2. The Morgan fingerprint density at radius 2 is 2.18 bits per heavy atom. The van der Waals surface area contributed by atoms with Crippen LogP contribution in [0.3, 0.4) is 0 Å². The van der Waals surface area contributed by atoms with Gasteiger partial charge in [-0.3, -0.25) is 0 Å². The van der Waals surface area contributed by atoms with Gasteiger partial charge >= 0.3 is 0 Å². The number of aryl methyl sites for hydroxylation is 1. The van der Waals surface area contributed by atoms with Crippen molar-refractivity contribution in [3.63, 3.8) is 0 Å². The van der Waals surface area contributed by atoms with Crippen LogP contribution in [0, 0.1) is 6.92 Å². The average Bonchev–Trinajstić information content (AvgIpc) is 2.62. The normalized spacial score (nSPS) is 10.8. The van der Waals surface area contributed by atoms with Crippen molar-refractivity contribution < 1.29 is 0 Å². The van der Waals surface area contributed by atoms with Crippen LogP contribution in [0.4, 0.5) is 5.95 Å². The van der Waals surface area contributed by atoms with Crippen molar-refractivity contribution in [1.82, 2.24) is 20.2 Å². The molecule has 8 heteroatoms. The summed E-state index contributed by atoms with van der Waals surface area (Å²) in [7, 11) is 0. The van der Waals surface area contributed by atoms with Crippen molar-refractivity contribution in [2.24, 2.45) is 0 Å². The molecule has 5 nitrogen and oxygen atoms in total. The number of thioether (sulfide) groups is 1. The summed E-state index contributed by atoms with van der Waals surface area (Å²) in [4.78, 5) is 8.12. The number of pyridine rings is 1. The second-order valence-corrected chi connectivity index (χ2v) is 5.01. The van der Waals surface area contributed by atoms with Crippen molar-refractivity contribution in [2.75, 3.05) is 5.73 Å². The van der Waals surface area contributed by atoms with E-state index in [9.17, 15) is 0 Å². The quantitative estimate of drug-likeness (QED) is 0.671. The number of rotatable bonds is 3. The Bertz CT molecular complexity index is 519. The van der Waals surface area contributed by atoms with Gasteiger partial charge < -0.3 is 5.73 Å². The van der Waals surface area contributed by atoms with Gasteiger partial charge in [0, 0.05) is 22.0 Å². The molecule has 0 fully saturated rings. The fourth-order valence-electron chi connectivity index (χ4n) is 1.21. The number of hydrogen-bond acceptors (Lipinski definition) is 5. The molecule has 0 saturated heterocycles. The predicted octanol–water partition coefficient (Wildman–Crippen LogP) is 2.69. The van der Waals surface area contributed by atoms with E-state index in [1.807, 2.05) is 6.92 Å². The van der Waals surface area contributed by atoms with Crippen molar-refractivity contribution in [1.29, 1.82) is 0 Å².